The van der Waals surface area contributed by atoms with Crippen LogP contribution in [0.25, 0.3) is 0 Å². The number of sulfonamides is 1. The second-order valence-corrected chi connectivity index (χ2v) is 12.3. The summed E-state index contributed by atoms with van der Waals surface area (Å²) in [6.07, 6.45) is 2.09. The molecule has 0 aliphatic heterocycles. The first-order valence-corrected chi connectivity index (χ1v) is 15.9. The van der Waals surface area contributed by atoms with E-state index in [0.29, 0.717) is 24.5 Å². The maximum atomic E-state index is 14.2. The van der Waals surface area contributed by atoms with Crippen LogP contribution < -0.4 is 19.1 Å². The second kappa shape index (κ2) is 15.4. The molecule has 0 saturated carbocycles. The summed E-state index contributed by atoms with van der Waals surface area (Å²) < 4.78 is 40.1. The number of hydrogen-bond donors (Lipinski definition) is 1. The summed E-state index contributed by atoms with van der Waals surface area (Å²) in [6.45, 7) is 7.81. The van der Waals surface area contributed by atoms with Crippen molar-refractivity contribution in [3.8, 4) is 11.5 Å². The molecule has 0 aliphatic carbocycles. The van der Waals surface area contributed by atoms with Crippen molar-refractivity contribution in [2.24, 2.45) is 0 Å². The van der Waals surface area contributed by atoms with E-state index in [9.17, 15) is 18.0 Å². The lowest BCUT2D eigenvalue weighted by molar-refractivity contribution is -0.140. The van der Waals surface area contributed by atoms with E-state index in [1.807, 2.05) is 52.0 Å². The predicted octanol–water partition coefficient (Wildman–Crippen LogP) is 5.24. The van der Waals surface area contributed by atoms with Crippen molar-refractivity contribution in [3.05, 3.63) is 83.4 Å². The standard InChI is InChI=1S/C33H43N3O6S/c1-7-9-19-34-33(38)29(8-2)35(22-26-12-10-11-25(4)20-26)32(37)23-36(27-15-18-30(41-5)31(21-27)42-6)43(39,40)28-16-13-24(3)14-17-28/h10-18,20-21,29H,7-9,19,22-23H2,1-6H3,(H,34,38). The fraction of sp³-hybridized carbons (Fsp3) is 0.394. The van der Waals surface area contributed by atoms with Crippen LogP contribution in [0, 0.1) is 13.8 Å². The van der Waals surface area contributed by atoms with E-state index in [1.54, 1.807) is 24.3 Å². The molecule has 9 nitrogen and oxygen atoms in total. The number of aryl methyl sites for hydroxylation is 2. The van der Waals surface area contributed by atoms with E-state index in [1.165, 1.54) is 37.3 Å². The van der Waals surface area contributed by atoms with Crippen molar-refractivity contribution in [2.45, 2.75) is 64.4 Å². The van der Waals surface area contributed by atoms with Gasteiger partial charge >= 0.3 is 0 Å². The number of ether oxygens (including phenoxy) is 2. The SMILES string of the molecule is CCCCNC(=O)C(CC)N(Cc1cccc(C)c1)C(=O)CN(c1ccc(OC)c(OC)c1)S(=O)(=O)c1ccc(C)cc1. The smallest absolute Gasteiger partial charge is 0.264 e. The van der Waals surface area contributed by atoms with E-state index in [2.05, 4.69) is 5.32 Å². The molecule has 0 heterocycles. The van der Waals surface area contributed by atoms with Crippen molar-refractivity contribution in [2.75, 3.05) is 31.6 Å². The van der Waals surface area contributed by atoms with Crippen LogP contribution in [0.2, 0.25) is 0 Å². The minimum atomic E-state index is -4.20. The zero-order chi connectivity index (χ0) is 31.6. The van der Waals surface area contributed by atoms with Crippen LogP contribution in [-0.2, 0) is 26.2 Å². The summed E-state index contributed by atoms with van der Waals surface area (Å²) >= 11 is 0. The van der Waals surface area contributed by atoms with Gasteiger partial charge in [0.1, 0.15) is 12.6 Å². The number of rotatable bonds is 15. The van der Waals surface area contributed by atoms with E-state index in [0.717, 1.165) is 33.8 Å². The molecule has 0 fully saturated rings. The predicted molar refractivity (Wildman–Crippen MR) is 169 cm³/mol. The largest absolute Gasteiger partial charge is 0.493 e. The molecule has 10 heteroatoms. The molecule has 0 aliphatic rings. The maximum Gasteiger partial charge on any atom is 0.264 e. The molecular weight excluding hydrogens is 566 g/mol. The molecule has 3 rings (SSSR count). The van der Waals surface area contributed by atoms with Crippen molar-refractivity contribution < 1.29 is 27.5 Å². The average molecular weight is 610 g/mol. The molecule has 0 radical (unpaired) electrons. The van der Waals surface area contributed by atoms with Crippen LogP contribution in [0.5, 0.6) is 11.5 Å². The van der Waals surface area contributed by atoms with Gasteiger partial charge in [0.2, 0.25) is 11.8 Å². The minimum absolute atomic E-state index is 0.0373. The third-order valence-corrected chi connectivity index (χ3v) is 8.98. The fourth-order valence-electron chi connectivity index (χ4n) is 4.78. The highest BCUT2D eigenvalue weighted by Gasteiger charge is 2.34. The van der Waals surface area contributed by atoms with Gasteiger partial charge in [-0.1, -0.05) is 67.8 Å². The lowest BCUT2D eigenvalue weighted by atomic mass is 10.1. The zero-order valence-corrected chi connectivity index (χ0v) is 26.7. The molecule has 0 bridgehead atoms. The van der Waals surface area contributed by atoms with Gasteiger partial charge in [0.05, 0.1) is 24.8 Å². The van der Waals surface area contributed by atoms with Crippen LogP contribution in [0.1, 0.15) is 49.8 Å². The molecule has 3 aromatic carbocycles. The Bertz CT molecular complexity index is 1490. The van der Waals surface area contributed by atoms with Gasteiger partial charge < -0.3 is 19.7 Å². The molecule has 1 unspecified atom stereocenters. The molecule has 3 aromatic rings. The highest BCUT2D eigenvalue weighted by atomic mass is 32.2. The van der Waals surface area contributed by atoms with E-state index in [4.69, 9.17) is 9.47 Å². The molecular formula is C33H43N3O6S. The lowest BCUT2D eigenvalue weighted by Crippen LogP contribution is -2.52. The normalized spacial score (nSPS) is 11.9. The van der Waals surface area contributed by atoms with E-state index < -0.39 is 28.5 Å². The third-order valence-electron chi connectivity index (χ3n) is 7.19. The van der Waals surface area contributed by atoms with Crippen molar-refractivity contribution in [1.29, 1.82) is 0 Å². The summed E-state index contributed by atoms with van der Waals surface area (Å²) in [4.78, 5) is 29.1. The van der Waals surface area contributed by atoms with Crippen LogP contribution in [0.3, 0.4) is 0 Å². The van der Waals surface area contributed by atoms with Crippen LogP contribution in [0.15, 0.2) is 71.6 Å². The number of nitrogens with zero attached hydrogens (tertiary/aromatic N) is 2. The second-order valence-electron chi connectivity index (χ2n) is 10.4. The summed E-state index contributed by atoms with van der Waals surface area (Å²) in [7, 11) is -1.26. The maximum absolute atomic E-state index is 14.2. The van der Waals surface area contributed by atoms with Crippen molar-refractivity contribution in [3.63, 3.8) is 0 Å². The topological polar surface area (TPSA) is 105 Å². The number of methoxy groups -OCH3 is 2. The highest BCUT2D eigenvalue weighted by Crippen LogP contribution is 2.34. The molecule has 0 saturated heterocycles. The quantitative estimate of drug-likeness (QED) is 0.236. The Balaban J connectivity index is 2.10. The number of amides is 2. The molecule has 1 N–H and O–H groups in total. The Kier molecular flexibility index (Phi) is 12.0. The van der Waals surface area contributed by atoms with Crippen LogP contribution >= 0.6 is 0 Å². The minimum Gasteiger partial charge on any atom is -0.493 e. The summed E-state index contributed by atoms with van der Waals surface area (Å²) in [5, 5.41) is 2.95. The van der Waals surface area contributed by atoms with Gasteiger partial charge in [-0.05, 0) is 56.5 Å². The number of anilines is 1. The van der Waals surface area contributed by atoms with Crippen LogP contribution in [0.4, 0.5) is 5.69 Å². The lowest BCUT2D eigenvalue weighted by Gasteiger charge is -2.33. The van der Waals surface area contributed by atoms with Crippen molar-refractivity contribution in [1.82, 2.24) is 10.2 Å². The van der Waals surface area contributed by atoms with Crippen LogP contribution in [-0.4, -0.2) is 58.5 Å². The molecule has 232 valence electrons. The number of carbonyl (C=O) groups excluding carboxylic acids is 2. The van der Waals surface area contributed by atoms with Gasteiger partial charge in [-0.15, -0.1) is 0 Å². The Morgan fingerprint density at radius 1 is 0.884 bits per heavy atom. The fourth-order valence-corrected chi connectivity index (χ4v) is 6.19. The van der Waals surface area contributed by atoms with Crippen molar-refractivity contribution >= 4 is 27.5 Å². The highest BCUT2D eigenvalue weighted by molar-refractivity contribution is 7.92. The van der Waals surface area contributed by atoms with Gasteiger partial charge in [0, 0.05) is 19.2 Å². The van der Waals surface area contributed by atoms with Gasteiger partial charge in [-0.2, -0.15) is 0 Å². The monoisotopic (exact) mass is 609 g/mol. The number of carbonyl (C=O) groups is 2. The zero-order valence-electron chi connectivity index (χ0n) is 25.9. The Morgan fingerprint density at radius 3 is 2.19 bits per heavy atom. The number of unbranched alkanes of at least 4 members (excludes halogenated alkanes) is 1. The third kappa shape index (κ3) is 8.50. The summed E-state index contributed by atoms with van der Waals surface area (Å²) in [6, 6.07) is 18.0. The van der Waals surface area contributed by atoms with Gasteiger partial charge in [0.25, 0.3) is 10.0 Å². The molecule has 0 spiro atoms. The van der Waals surface area contributed by atoms with Gasteiger partial charge in [-0.3, -0.25) is 13.9 Å². The van der Waals surface area contributed by atoms with Gasteiger partial charge in [-0.25, -0.2) is 8.42 Å². The van der Waals surface area contributed by atoms with E-state index in [-0.39, 0.29) is 23.0 Å². The Hall–Kier alpha value is -4.05. The van der Waals surface area contributed by atoms with Gasteiger partial charge in [0.15, 0.2) is 11.5 Å². The summed E-state index contributed by atoms with van der Waals surface area (Å²) in [5.74, 6) is -0.0449. The molecule has 1 atom stereocenters. The first-order valence-electron chi connectivity index (χ1n) is 14.5. The Labute approximate surface area is 255 Å². The number of nitrogens with one attached hydrogen (secondary N) is 1. The first-order chi connectivity index (χ1) is 20.5. The number of hydrogen-bond acceptors (Lipinski definition) is 6. The molecule has 0 aromatic heterocycles. The molecule has 43 heavy (non-hydrogen) atoms. The average Bonchev–Trinajstić information content (AvgIpc) is 2.99. The molecule has 2 amide bonds. The van der Waals surface area contributed by atoms with E-state index >= 15 is 0 Å². The Morgan fingerprint density at radius 2 is 1.58 bits per heavy atom. The first kappa shape index (κ1) is 33.5. The summed E-state index contributed by atoms with van der Waals surface area (Å²) in [5.41, 5.74) is 2.98. The number of benzene rings is 3.